The van der Waals surface area contributed by atoms with Crippen LogP contribution in [0.1, 0.15) is 226 Å². The molecule has 0 rings (SSSR count). The minimum Gasteiger partial charge on any atom is -0.462 e. The molecule has 0 heterocycles. The molecule has 0 saturated heterocycles. The normalized spacial score (nSPS) is 13.9. The maximum Gasteiger partial charge on any atom is 0.306 e. The SMILES string of the molecule is CC\C=C/C=C/C=C/C=C\C=C\C=C\CCCC(CC(=O)NC(CO)C(O)CCCCCCCCCCCCC)OC(=O)CCCCCCCCCCCCCCCC. The van der Waals surface area contributed by atoms with E-state index in [9.17, 15) is 19.8 Å². The summed E-state index contributed by atoms with van der Waals surface area (Å²) in [5.41, 5.74) is 0. The van der Waals surface area contributed by atoms with E-state index in [0.717, 1.165) is 57.8 Å². The molecule has 3 N–H and O–H groups in total. The topological polar surface area (TPSA) is 95.9 Å². The minimum atomic E-state index is -0.808. The molecule has 0 fully saturated rings. The highest BCUT2D eigenvalue weighted by atomic mass is 16.5. The van der Waals surface area contributed by atoms with E-state index in [1.807, 2.05) is 60.8 Å². The Balaban J connectivity index is 4.74. The van der Waals surface area contributed by atoms with Crippen LogP contribution in [0.5, 0.6) is 0 Å². The van der Waals surface area contributed by atoms with Crippen molar-refractivity contribution >= 4 is 11.9 Å². The molecule has 340 valence electrons. The highest BCUT2D eigenvalue weighted by molar-refractivity contribution is 5.77. The van der Waals surface area contributed by atoms with Gasteiger partial charge in [0.25, 0.3) is 0 Å². The number of carbonyl (C=O) groups is 2. The molecular formula is C53H93NO5. The third-order valence-electron chi connectivity index (χ3n) is 11.0. The Morgan fingerprint density at radius 3 is 1.36 bits per heavy atom. The van der Waals surface area contributed by atoms with Gasteiger partial charge in [-0.3, -0.25) is 9.59 Å². The molecule has 0 aromatic rings. The van der Waals surface area contributed by atoms with Crippen molar-refractivity contribution in [3.63, 3.8) is 0 Å². The molecular weight excluding hydrogens is 731 g/mol. The van der Waals surface area contributed by atoms with Crippen molar-refractivity contribution in [1.29, 1.82) is 0 Å². The molecule has 6 nitrogen and oxygen atoms in total. The Bertz CT molecular complexity index is 1110. The molecule has 0 aliphatic carbocycles. The van der Waals surface area contributed by atoms with E-state index in [1.165, 1.54) is 122 Å². The molecule has 0 spiro atoms. The number of carbonyl (C=O) groups excluding carboxylic acids is 2. The van der Waals surface area contributed by atoms with Gasteiger partial charge in [0.15, 0.2) is 0 Å². The van der Waals surface area contributed by atoms with Gasteiger partial charge in [-0.2, -0.15) is 0 Å². The molecule has 3 unspecified atom stereocenters. The van der Waals surface area contributed by atoms with Crippen LogP contribution in [0.15, 0.2) is 72.9 Å². The number of unbranched alkanes of at least 4 members (excludes halogenated alkanes) is 24. The number of rotatable bonds is 43. The molecule has 0 aliphatic rings. The van der Waals surface area contributed by atoms with Crippen molar-refractivity contribution in [2.24, 2.45) is 0 Å². The maximum atomic E-state index is 13.2. The summed E-state index contributed by atoms with van der Waals surface area (Å²) in [6.07, 6.45) is 58.2. The Morgan fingerprint density at radius 2 is 0.915 bits per heavy atom. The zero-order valence-electron chi connectivity index (χ0n) is 38.6. The molecule has 6 heteroatoms. The number of allylic oxidation sites excluding steroid dienone is 12. The predicted molar refractivity (Wildman–Crippen MR) is 255 cm³/mol. The molecule has 0 bridgehead atoms. The third kappa shape index (κ3) is 41.8. The Labute approximate surface area is 364 Å². The third-order valence-corrected chi connectivity index (χ3v) is 11.0. The van der Waals surface area contributed by atoms with E-state index < -0.39 is 18.2 Å². The van der Waals surface area contributed by atoms with Crippen LogP contribution in [0, 0.1) is 0 Å². The second-order valence-electron chi connectivity index (χ2n) is 16.6. The Kier molecular flexibility index (Phi) is 44.2. The fourth-order valence-electron chi connectivity index (χ4n) is 7.23. The average Bonchev–Trinajstić information content (AvgIpc) is 3.23. The summed E-state index contributed by atoms with van der Waals surface area (Å²) in [6.45, 7) is 6.30. The lowest BCUT2D eigenvalue weighted by Gasteiger charge is -2.24. The van der Waals surface area contributed by atoms with E-state index in [2.05, 4.69) is 38.2 Å². The first kappa shape index (κ1) is 56.3. The number of hydrogen-bond donors (Lipinski definition) is 3. The largest absolute Gasteiger partial charge is 0.462 e. The minimum absolute atomic E-state index is 0.0259. The Hall–Kier alpha value is -2.70. The van der Waals surface area contributed by atoms with Gasteiger partial charge in [-0.15, -0.1) is 0 Å². The number of esters is 1. The van der Waals surface area contributed by atoms with Gasteiger partial charge < -0.3 is 20.3 Å². The molecule has 59 heavy (non-hydrogen) atoms. The van der Waals surface area contributed by atoms with Crippen LogP contribution in [0.2, 0.25) is 0 Å². The second kappa shape index (κ2) is 46.4. The molecule has 1 amide bonds. The fourth-order valence-corrected chi connectivity index (χ4v) is 7.23. The van der Waals surface area contributed by atoms with Crippen LogP contribution in [0.25, 0.3) is 0 Å². The summed E-state index contributed by atoms with van der Waals surface area (Å²) in [5, 5.41) is 23.7. The van der Waals surface area contributed by atoms with E-state index in [0.29, 0.717) is 19.3 Å². The molecule has 0 radical (unpaired) electrons. The zero-order valence-corrected chi connectivity index (χ0v) is 38.6. The van der Waals surface area contributed by atoms with Crippen LogP contribution < -0.4 is 5.32 Å². The summed E-state index contributed by atoms with van der Waals surface area (Å²) in [6, 6.07) is -0.726. The van der Waals surface area contributed by atoms with Crippen LogP contribution in [-0.2, 0) is 14.3 Å². The van der Waals surface area contributed by atoms with Crippen LogP contribution in [-0.4, -0.2) is 46.9 Å². The monoisotopic (exact) mass is 824 g/mol. The lowest BCUT2D eigenvalue weighted by Crippen LogP contribution is -2.46. The van der Waals surface area contributed by atoms with Crippen molar-refractivity contribution < 1.29 is 24.5 Å². The summed E-state index contributed by atoms with van der Waals surface area (Å²) in [5.74, 6) is -0.548. The van der Waals surface area contributed by atoms with Crippen LogP contribution in [0.4, 0.5) is 0 Å². The standard InChI is InChI=1S/C53H93NO5/c1-4-7-10-13-16-19-22-24-26-27-30-32-35-38-41-44-49(59-53(58)46-43-40-37-34-31-28-25-23-20-17-14-11-8-5-2)47-52(57)54-50(48-55)51(56)45-42-39-36-33-29-21-18-15-12-9-6-3/h7,10,13,16,19,22,24,26-27,30,32,35,49-51,55-56H,4-6,8-9,11-12,14-15,17-18,20-21,23,25,28-29,31,33-34,36-48H2,1-3H3,(H,54,57)/b10-7-,16-13+,22-19+,26-24-,30-27+,35-32+. The number of nitrogens with one attached hydrogen (secondary N) is 1. The number of ether oxygens (including phenoxy) is 1. The number of amides is 1. The van der Waals surface area contributed by atoms with E-state index >= 15 is 0 Å². The predicted octanol–water partition coefficient (Wildman–Crippen LogP) is 14.6. The van der Waals surface area contributed by atoms with Crippen molar-refractivity contribution in [2.45, 2.75) is 244 Å². The summed E-state index contributed by atoms with van der Waals surface area (Å²) in [4.78, 5) is 26.1. The number of aliphatic hydroxyl groups is 2. The average molecular weight is 824 g/mol. The van der Waals surface area contributed by atoms with Crippen molar-refractivity contribution in [3.8, 4) is 0 Å². The lowest BCUT2D eigenvalue weighted by atomic mass is 10.0. The van der Waals surface area contributed by atoms with Gasteiger partial charge in [0, 0.05) is 6.42 Å². The van der Waals surface area contributed by atoms with Gasteiger partial charge in [0.05, 0.1) is 25.2 Å². The number of aliphatic hydroxyl groups excluding tert-OH is 2. The van der Waals surface area contributed by atoms with E-state index in [1.54, 1.807) is 0 Å². The highest BCUT2D eigenvalue weighted by Crippen LogP contribution is 2.17. The summed E-state index contributed by atoms with van der Waals surface area (Å²) < 4.78 is 5.89. The zero-order chi connectivity index (χ0) is 43.1. The molecule has 3 atom stereocenters. The first-order chi connectivity index (χ1) is 29.0. The van der Waals surface area contributed by atoms with Gasteiger partial charge in [0.2, 0.25) is 5.91 Å². The number of hydrogen-bond acceptors (Lipinski definition) is 5. The van der Waals surface area contributed by atoms with Gasteiger partial charge >= 0.3 is 5.97 Å². The van der Waals surface area contributed by atoms with Gasteiger partial charge in [0.1, 0.15) is 6.10 Å². The second-order valence-corrected chi connectivity index (χ2v) is 16.6. The molecule has 0 aromatic heterocycles. The van der Waals surface area contributed by atoms with Crippen molar-refractivity contribution in [3.05, 3.63) is 72.9 Å². The quantitative estimate of drug-likeness (QED) is 0.0323. The first-order valence-electron chi connectivity index (χ1n) is 24.7. The van der Waals surface area contributed by atoms with Gasteiger partial charge in [-0.25, -0.2) is 0 Å². The van der Waals surface area contributed by atoms with Gasteiger partial charge in [-0.05, 0) is 38.5 Å². The Morgan fingerprint density at radius 1 is 0.508 bits per heavy atom. The highest BCUT2D eigenvalue weighted by Gasteiger charge is 2.24. The molecule has 0 saturated carbocycles. The first-order valence-corrected chi connectivity index (χ1v) is 24.7. The smallest absolute Gasteiger partial charge is 0.306 e. The van der Waals surface area contributed by atoms with Gasteiger partial charge in [-0.1, -0.05) is 248 Å². The van der Waals surface area contributed by atoms with Crippen molar-refractivity contribution in [1.82, 2.24) is 5.32 Å². The maximum absolute atomic E-state index is 13.2. The van der Waals surface area contributed by atoms with Crippen LogP contribution >= 0.6 is 0 Å². The van der Waals surface area contributed by atoms with E-state index in [4.69, 9.17) is 4.74 Å². The fraction of sp³-hybridized carbons (Fsp3) is 0.736. The van der Waals surface area contributed by atoms with Crippen molar-refractivity contribution in [2.75, 3.05) is 6.61 Å². The molecule has 0 aliphatic heterocycles. The van der Waals surface area contributed by atoms with Crippen LogP contribution in [0.3, 0.4) is 0 Å². The summed E-state index contributed by atoms with van der Waals surface area (Å²) in [7, 11) is 0. The molecule has 0 aromatic carbocycles. The van der Waals surface area contributed by atoms with E-state index in [-0.39, 0.29) is 24.9 Å². The summed E-state index contributed by atoms with van der Waals surface area (Å²) >= 11 is 0. The lowest BCUT2D eigenvalue weighted by molar-refractivity contribution is -0.151.